The highest BCUT2D eigenvalue weighted by Crippen LogP contribution is 2.35. The summed E-state index contributed by atoms with van der Waals surface area (Å²) < 4.78 is 47.4. The van der Waals surface area contributed by atoms with Crippen LogP contribution in [0.2, 0.25) is 0 Å². The van der Waals surface area contributed by atoms with Crippen molar-refractivity contribution in [3.8, 4) is 5.75 Å². The Labute approximate surface area is 428 Å². The zero-order valence-corrected chi connectivity index (χ0v) is 41.9. The maximum Gasteiger partial charge on any atom is 0.251 e. The molecule has 0 bridgehead atoms. The first-order chi connectivity index (χ1) is 35.4. The molecule has 0 aliphatic carbocycles. The maximum absolute atomic E-state index is 13.8. The Kier molecular flexibility index (Phi) is 24.2. The van der Waals surface area contributed by atoms with Gasteiger partial charge < -0.3 is 110 Å². The average molecular weight is 1060 g/mol. The summed E-state index contributed by atoms with van der Waals surface area (Å²) in [5.41, 5.74) is 0.0817. The van der Waals surface area contributed by atoms with Gasteiger partial charge in [0.05, 0.1) is 33.0 Å². The first kappa shape index (κ1) is 60.8. The van der Waals surface area contributed by atoms with E-state index in [0.717, 1.165) is 46.5 Å². The minimum Gasteiger partial charge on any atom is -0.494 e. The Balaban J connectivity index is 1.32. The van der Waals surface area contributed by atoms with Crippen LogP contribution in [0.25, 0.3) is 0 Å². The molecule has 0 spiro atoms. The lowest BCUT2D eigenvalue weighted by Crippen LogP contribution is -2.71. The minimum absolute atomic E-state index is 0.0817. The van der Waals surface area contributed by atoms with Gasteiger partial charge in [-0.3, -0.25) is 19.2 Å². The third kappa shape index (κ3) is 16.0. The van der Waals surface area contributed by atoms with Crippen LogP contribution in [0.4, 0.5) is 0 Å². The number of unbranched alkanes of at least 4 members (excludes halogenated alkanes) is 5. The number of nitrogens with one attached hydrogen (secondary N) is 4. The molecule has 4 fully saturated rings. The fourth-order valence-electron chi connectivity index (χ4n) is 9.21. The Bertz CT molecular complexity index is 1960. The number of ether oxygens (including phenoxy) is 8. The van der Waals surface area contributed by atoms with Crippen molar-refractivity contribution >= 4 is 23.6 Å². The van der Waals surface area contributed by atoms with Crippen molar-refractivity contribution in [1.82, 2.24) is 21.3 Å². The van der Waals surface area contributed by atoms with Crippen LogP contribution in [-0.4, -0.2) is 230 Å². The minimum atomic E-state index is -1.94. The van der Waals surface area contributed by atoms with Crippen molar-refractivity contribution in [2.75, 3.05) is 33.0 Å². The van der Waals surface area contributed by atoms with Crippen molar-refractivity contribution in [3.05, 3.63) is 42.0 Å². The van der Waals surface area contributed by atoms with Crippen LogP contribution < -0.4 is 26.0 Å². The third-order valence-corrected chi connectivity index (χ3v) is 13.0. The van der Waals surface area contributed by atoms with E-state index in [1.807, 2.05) is 0 Å². The van der Waals surface area contributed by atoms with Crippen molar-refractivity contribution < 1.29 is 108 Å². The molecular weight excluding hydrogens is 985 g/mol. The third-order valence-electron chi connectivity index (χ3n) is 13.0. The van der Waals surface area contributed by atoms with Crippen LogP contribution in [0, 0.1) is 0 Å². The molecule has 1 aromatic rings. The summed E-state index contributed by atoms with van der Waals surface area (Å²) in [6, 6.07) is -0.191. The predicted octanol–water partition coefficient (Wildman–Crippen LogP) is -4.19. The van der Waals surface area contributed by atoms with Crippen molar-refractivity contribution in [1.29, 1.82) is 0 Å². The van der Waals surface area contributed by atoms with E-state index in [1.165, 1.54) is 31.4 Å². The van der Waals surface area contributed by atoms with Gasteiger partial charge in [-0.1, -0.05) is 44.4 Å². The van der Waals surface area contributed by atoms with Crippen molar-refractivity contribution in [3.63, 3.8) is 0 Å². The first-order valence-corrected chi connectivity index (χ1v) is 25.0. The Hall–Kier alpha value is -4.04. The van der Waals surface area contributed by atoms with Crippen LogP contribution in [0.5, 0.6) is 5.75 Å². The van der Waals surface area contributed by atoms with Crippen LogP contribution in [0.3, 0.4) is 0 Å². The standard InChI is InChI=1S/C48H76N4O22/c1-5-6-7-8-9-10-11-12-13-17-67-27-16-14-15-26(18-27)44(65)52-33-37(61)36(60)28(19-53)69-46(33)73-42-30(21-55)71-48(35(39(42)63)51-25(4)59)74-43-31(22-56)70-47(34(40(43)64)50-24(3)58)72-41-29(20-54)68-45(66)32(38(41)62)49-23(2)57/h10-11,14-16,18,28-43,45-48,53-56,60-64,66H,5-9,12-13,17,19-22H2,1-4H3,(H,49,57)(H,50,58)(H,51,59)(H,52,65)/b11-10-/t28?,29-,30-,31?,32?,33?,34?,35?,36+,37?,38?,39?,40?,41+,42+,43+,45?,46-,47-,48-/m0/s1. The van der Waals surface area contributed by atoms with Gasteiger partial charge in [0.25, 0.3) is 5.91 Å². The molecule has 0 radical (unpaired) electrons. The molecule has 4 amide bonds. The monoisotopic (exact) mass is 1060 g/mol. The molecule has 11 unspecified atom stereocenters. The average Bonchev–Trinajstić information content (AvgIpc) is 3.36. The smallest absolute Gasteiger partial charge is 0.251 e. The molecule has 4 heterocycles. The largest absolute Gasteiger partial charge is 0.494 e. The number of amides is 4. The number of hydrogen-bond donors (Lipinski definition) is 14. The highest BCUT2D eigenvalue weighted by atomic mass is 16.8. The van der Waals surface area contributed by atoms with Gasteiger partial charge in [0.15, 0.2) is 25.2 Å². The number of aliphatic hydroxyl groups excluding tert-OH is 10. The fraction of sp³-hybridized carbons (Fsp3) is 0.750. The van der Waals surface area contributed by atoms with Crippen LogP contribution in [0.1, 0.15) is 83.0 Å². The van der Waals surface area contributed by atoms with Gasteiger partial charge in [-0.25, -0.2) is 0 Å². The summed E-state index contributed by atoms with van der Waals surface area (Å²) in [5, 5.41) is 119. The van der Waals surface area contributed by atoms with Crippen LogP contribution in [0.15, 0.2) is 36.4 Å². The molecule has 0 saturated carbocycles. The summed E-state index contributed by atoms with van der Waals surface area (Å²) in [6.45, 7) is 2.23. The number of rotatable bonds is 25. The summed E-state index contributed by atoms with van der Waals surface area (Å²) in [6.07, 6.45) is -16.1. The molecule has 4 aliphatic heterocycles. The van der Waals surface area contributed by atoms with E-state index >= 15 is 0 Å². The van der Waals surface area contributed by atoms with E-state index in [4.69, 9.17) is 37.9 Å². The SMILES string of the molecule is CCCCCC/C=C\CCCOc1cccc(C(=O)NC2C(O)[C@H](O)C(CO)O[C@H]2O[C@H]2C(O)C(NC(C)=O)[C@H](O[C@@H]3C(CO)O[C@@H](O[C@H]4C(O)C(NC(C)=O)C(O)O[C@H]4CO)C(NC(C)=O)C3O)O[C@H]2CO)c1. The first-order valence-electron chi connectivity index (χ1n) is 25.0. The number of allylic oxidation sites excluding steroid dienone is 2. The Morgan fingerprint density at radius 3 is 1.47 bits per heavy atom. The van der Waals surface area contributed by atoms with E-state index in [0.29, 0.717) is 12.4 Å². The normalized spacial score (nSPS) is 36.5. The van der Waals surface area contributed by atoms with Crippen LogP contribution >= 0.6 is 0 Å². The molecule has 14 N–H and O–H groups in total. The number of carbonyl (C=O) groups excluding carboxylic acids is 4. The van der Waals surface area contributed by atoms with E-state index < -0.39 is 173 Å². The molecule has 420 valence electrons. The van der Waals surface area contributed by atoms with Crippen LogP contribution in [-0.2, 0) is 47.5 Å². The second-order valence-corrected chi connectivity index (χ2v) is 18.7. The van der Waals surface area contributed by atoms with Crippen molar-refractivity contribution in [2.24, 2.45) is 0 Å². The van der Waals surface area contributed by atoms with Gasteiger partial charge in [0, 0.05) is 26.3 Å². The number of carbonyl (C=O) groups is 4. The van der Waals surface area contributed by atoms with E-state index in [1.54, 1.807) is 12.1 Å². The quantitative estimate of drug-likeness (QED) is 0.0326. The van der Waals surface area contributed by atoms with Gasteiger partial charge in [-0.15, -0.1) is 0 Å². The summed E-state index contributed by atoms with van der Waals surface area (Å²) >= 11 is 0. The second-order valence-electron chi connectivity index (χ2n) is 18.7. The topological polar surface area (TPSA) is 393 Å². The van der Waals surface area contributed by atoms with Crippen molar-refractivity contribution in [2.45, 2.75) is 195 Å². The lowest BCUT2D eigenvalue weighted by atomic mass is 9.93. The predicted molar refractivity (Wildman–Crippen MR) is 253 cm³/mol. The van der Waals surface area contributed by atoms with E-state index in [9.17, 15) is 70.2 Å². The van der Waals surface area contributed by atoms with Gasteiger partial charge >= 0.3 is 0 Å². The van der Waals surface area contributed by atoms with Gasteiger partial charge in [0.1, 0.15) is 103 Å². The number of aliphatic hydroxyl groups is 10. The number of benzene rings is 1. The lowest BCUT2D eigenvalue weighted by molar-refractivity contribution is -0.361. The summed E-state index contributed by atoms with van der Waals surface area (Å²) in [4.78, 5) is 50.9. The summed E-state index contributed by atoms with van der Waals surface area (Å²) in [5.74, 6) is -2.58. The zero-order chi connectivity index (χ0) is 54.2. The number of hydrogen-bond acceptors (Lipinski definition) is 22. The molecule has 1 aromatic carbocycles. The molecule has 0 aromatic heterocycles. The van der Waals surface area contributed by atoms with Gasteiger partial charge in [0.2, 0.25) is 17.7 Å². The van der Waals surface area contributed by atoms with Gasteiger partial charge in [-0.2, -0.15) is 0 Å². The highest BCUT2D eigenvalue weighted by Gasteiger charge is 2.56. The second kappa shape index (κ2) is 29.5. The zero-order valence-electron chi connectivity index (χ0n) is 41.9. The molecule has 5 rings (SSSR count). The molecule has 26 nitrogen and oxygen atoms in total. The summed E-state index contributed by atoms with van der Waals surface area (Å²) in [7, 11) is 0. The van der Waals surface area contributed by atoms with E-state index in [2.05, 4.69) is 40.3 Å². The Morgan fingerprint density at radius 1 is 0.541 bits per heavy atom. The molecule has 4 saturated heterocycles. The van der Waals surface area contributed by atoms with Gasteiger partial charge in [-0.05, 0) is 43.9 Å². The highest BCUT2D eigenvalue weighted by molar-refractivity contribution is 5.94. The Morgan fingerprint density at radius 2 is 0.986 bits per heavy atom. The molecular formula is C48H76N4O22. The fourth-order valence-corrected chi connectivity index (χ4v) is 9.21. The lowest BCUT2D eigenvalue weighted by Gasteiger charge is -2.51. The van der Waals surface area contributed by atoms with E-state index in [-0.39, 0.29) is 5.56 Å². The molecule has 74 heavy (non-hydrogen) atoms. The molecule has 20 atom stereocenters. The molecule has 26 heteroatoms. The molecule has 4 aliphatic rings. The maximum atomic E-state index is 13.8.